The van der Waals surface area contributed by atoms with Crippen LogP contribution >= 0.6 is 0 Å². The van der Waals surface area contributed by atoms with Crippen LogP contribution in [0.1, 0.15) is 19.5 Å². The second kappa shape index (κ2) is 8.26. The van der Waals surface area contributed by atoms with Crippen LogP contribution in [0.3, 0.4) is 0 Å². The Balaban J connectivity index is 1.87. The Morgan fingerprint density at radius 1 is 1.10 bits per heavy atom. The lowest BCUT2D eigenvalue weighted by atomic mass is 10.2. The smallest absolute Gasteiger partial charge is 0.433 e. The number of benzene rings is 1. The van der Waals surface area contributed by atoms with Crippen LogP contribution in [0.2, 0.25) is 0 Å². The Labute approximate surface area is 164 Å². The summed E-state index contributed by atoms with van der Waals surface area (Å²) < 4.78 is 45.2. The number of nitrogens with one attached hydrogen (secondary N) is 1. The minimum atomic E-state index is -4.66. The van der Waals surface area contributed by atoms with Gasteiger partial charge in [-0.25, -0.2) is 4.98 Å². The summed E-state index contributed by atoms with van der Waals surface area (Å²) in [6.07, 6.45) is -1.80. The molecule has 0 aliphatic rings. The Bertz CT molecular complexity index is 991. The number of hydrogen-bond acceptors (Lipinski definition) is 5. The molecule has 6 nitrogen and oxygen atoms in total. The fourth-order valence-electron chi connectivity index (χ4n) is 2.26. The van der Waals surface area contributed by atoms with Gasteiger partial charge in [0.25, 0.3) is 0 Å². The minimum absolute atomic E-state index is 0.148. The van der Waals surface area contributed by atoms with Gasteiger partial charge in [0.15, 0.2) is 11.5 Å². The van der Waals surface area contributed by atoms with Crippen molar-refractivity contribution in [2.75, 3.05) is 5.32 Å². The van der Waals surface area contributed by atoms with Gasteiger partial charge >= 0.3 is 6.18 Å². The SMILES string of the molecule is CC(C)C(=O)Nc1ccc(Oc2cc(C(F)(F)F)nc(-c3cccnc3)n2)cc1. The van der Waals surface area contributed by atoms with E-state index in [0.29, 0.717) is 11.3 Å². The standard InChI is InChI=1S/C20H17F3N4O2/c1-12(2)19(28)25-14-5-7-15(8-6-14)29-17-10-16(20(21,22)23)26-18(27-17)13-4-3-9-24-11-13/h3-12H,1-2H3,(H,25,28). The average Bonchev–Trinajstić information content (AvgIpc) is 2.69. The first kappa shape index (κ1) is 20.2. The number of aromatic nitrogens is 3. The summed E-state index contributed by atoms with van der Waals surface area (Å²) in [7, 11) is 0. The number of carbonyl (C=O) groups excluding carboxylic acids is 1. The van der Waals surface area contributed by atoms with Crippen LogP contribution in [0, 0.1) is 5.92 Å². The fourth-order valence-corrected chi connectivity index (χ4v) is 2.26. The average molecular weight is 402 g/mol. The van der Waals surface area contributed by atoms with Gasteiger partial charge in [0.2, 0.25) is 11.8 Å². The van der Waals surface area contributed by atoms with Crippen molar-refractivity contribution >= 4 is 11.6 Å². The van der Waals surface area contributed by atoms with Crippen molar-refractivity contribution in [3.05, 3.63) is 60.6 Å². The summed E-state index contributed by atoms with van der Waals surface area (Å²) in [5.41, 5.74) is -0.247. The second-order valence-corrected chi connectivity index (χ2v) is 6.42. The molecule has 0 saturated carbocycles. The molecule has 29 heavy (non-hydrogen) atoms. The van der Waals surface area contributed by atoms with Crippen LogP contribution in [0.15, 0.2) is 54.9 Å². The predicted molar refractivity (Wildman–Crippen MR) is 100 cm³/mol. The molecule has 0 aliphatic heterocycles. The zero-order chi connectivity index (χ0) is 21.0. The number of anilines is 1. The number of nitrogens with zero attached hydrogens (tertiary/aromatic N) is 3. The van der Waals surface area contributed by atoms with Gasteiger partial charge in [-0.1, -0.05) is 13.8 Å². The molecule has 0 bridgehead atoms. The molecule has 1 amide bonds. The van der Waals surface area contributed by atoms with E-state index in [1.54, 1.807) is 38.1 Å². The van der Waals surface area contributed by atoms with Crippen LogP contribution in [-0.4, -0.2) is 20.9 Å². The van der Waals surface area contributed by atoms with E-state index in [1.807, 2.05) is 0 Å². The number of hydrogen-bond donors (Lipinski definition) is 1. The third-order valence-corrected chi connectivity index (χ3v) is 3.78. The van der Waals surface area contributed by atoms with Gasteiger partial charge in [0.05, 0.1) is 0 Å². The first-order valence-electron chi connectivity index (χ1n) is 8.68. The highest BCUT2D eigenvalue weighted by Gasteiger charge is 2.34. The summed E-state index contributed by atoms with van der Waals surface area (Å²) in [6.45, 7) is 3.53. The van der Waals surface area contributed by atoms with Crippen LogP contribution in [0.25, 0.3) is 11.4 Å². The second-order valence-electron chi connectivity index (χ2n) is 6.42. The maximum Gasteiger partial charge on any atom is 0.433 e. The summed E-state index contributed by atoms with van der Waals surface area (Å²) in [5, 5.41) is 2.72. The number of carbonyl (C=O) groups is 1. The van der Waals surface area contributed by atoms with E-state index in [-0.39, 0.29) is 29.3 Å². The maximum atomic E-state index is 13.2. The fraction of sp³-hybridized carbons (Fsp3) is 0.200. The van der Waals surface area contributed by atoms with Gasteiger partial charge < -0.3 is 10.1 Å². The summed E-state index contributed by atoms with van der Waals surface area (Å²) >= 11 is 0. The molecular formula is C20H17F3N4O2. The summed E-state index contributed by atoms with van der Waals surface area (Å²) in [6, 6.07) is 10.1. The monoisotopic (exact) mass is 402 g/mol. The molecule has 0 unspecified atom stereocenters. The third kappa shape index (κ3) is 5.28. The molecule has 0 radical (unpaired) electrons. The van der Waals surface area contributed by atoms with Gasteiger partial charge in [-0.05, 0) is 36.4 Å². The Hall–Kier alpha value is -3.49. The molecule has 150 valence electrons. The van der Waals surface area contributed by atoms with Crippen molar-refractivity contribution in [3.63, 3.8) is 0 Å². The largest absolute Gasteiger partial charge is 0.439 e. The zero-order valence-electron chi connectivity index (χ0n) is 15.6. The van der Waals surface area contributed by atoms with E-state index in [9.17, 15) is 18.0 Å². The van der Waals surface area contributed by atoms with Crippen LogP contribution in [-0.2, 0) is 11.0 Å². The topological polar surface area (TPSA) is 77.0 Å². The van der Waals surface area contributed by atoms with E-state index in [2.05, 4.69) is 20.3 Å². The van der Waals surface area contributed by atoms with Crippen LogP contribution < -0.4 is 10.1 Å². The molecule has 3 aromatic rings. The summed E-state index contributed by atoms with van der Waals surface area (Å²) in [5.74, 6) is -0.477. The molecule has 2 heterocycles. The molecule has 0 atom stereocenters. The van der Waals surface area contributed by atoms with Gasteiger partial charge in [-0.3, -0.25) is 9.78 Å². The number of pyridine rings is 1. The van der Waals surface area contributed by atoms with Gasteiger partial charge in [-0.2, -0.15) is 18.2 Å². The van der Waals surface area contributed by atoms with E-state index in [4.69, 9.17) is 4.74 Å². The highest BCUT2D eigenvalue weighted by atomic mass is 19.4. The Kier molecular flexibility index (Phi) is 5.76. The molecule has 1 N–H and O–H groups in total. The number of rotatable bonds is 5. The van der Waals surface area contributed by atoms with Crippen molar-refractivity contribution in [3.8, 4) is 23.0 Å². The number of ether oxygens (including phenoxy) is 1. The van der Waals surface area contributed by atoms with Crippen LogP contribution in [0.4, 0.5) is 18.9 Å². The number of halogens is 3. The minimum Gasteiger partial charge on any atom is -0.439 e. The lowest BCUT2D eigenvalue weighted by molar-refractivity contribution is -0.141. The van der Waals surface area contributed by atoms with Crippen molar-refractivity contribution in [2.45, 2.75) is 20.0 Å². The van der Waals surface area contributed by atoms with Crippen molar-refractivity contribution in [1.29, 1.82) is 0 Å². The van der Waals surface area contributed by atoms with Gasteiger partial charge in [-0.15, -0.1) is 0 Å². The number of amides is 1. The first-order chi connectivity index (χ1) is 13.7. The predicted octanol–water partition coefficient (Wildman–Crippen LogP) is 4.94. The zero-order valence-corrected chi connectivity index (χ0v) is 15.6. The van der Waals surface area contributed by atoms with Gasteiger partial charge in [0, 0.05) is 35.6 Å². The lowest BCUT2D eigenvalue weighted by Gasteiger charge is -2.12. The highest BCUT2D eigenvalue weighted by Crippen LogP contribution is 2.32. The summed E-state index contributed by atoms with van der Waals surface area (Å²) in [4.78, 5) is 23.2. The molecule has 2 aromatic heterocycles. The molecule has 9 heteroatoms. The quantitative estimate of drug-likeness (QED) is 0.654. The van der Waals surface area contributed by atoms with E-state index in [1.165, 1.54) is 24.5 Å². The molecule has 0 fully saturated rings. The van der Waals surface area contributed by atoms with Crippen molar-refractivity contribution in [2.24, 2.45) is 5.92 Å². The molecule has 1 aromatic carbocycles. The Morgan fingerprint density at radius 3 is 2.41 bits per heavy atom. The van der Waals surface area contributed by atoms with E-state index >= 15 is 0 Å². The van der Waals surface area contributed by atoms with Gasteiger partial charge in [0.1, 0.15) is 5.75 Å². The third-order valence-electron chi connectivity index (χ3n) is 3.78. The normalized spacial score (nSPS) is 11.4. The lowest BCUT2D eigenvalue weighted by Crippen LogP contribution is -2.17. The Morgan fingerprint density at radius 2 is 1.83 bits per heavy atom. The van der Waals surface area contributed by atoms with E-state index in [0.717, 1.165) is 6.07 Å². The number of alkyl halides is 3. The molecule has 3 rings (SSSR count). The van der Waals surface area contributed by atoms with Crippen molar-refractivity contribution < 1.29 is 22.7 Å². The van der Waals surface area contributed by atoms with Crippen molar-refractivity contribution in [1.82, 2.24) is 15.0 Å². The highest BCUT2D eigenvalue weighted by molar-refractivity contribution is 5.92. The van der Waals surface area contributed by atoms with E-state index < -0.39 is 11.9 Å². The molecular weight excluding hydrogens is 385 g/mol. The first-order valence-corrected chi connectivity index (χ1v) is 8.68. The maximum absolute atomic E-state index is 13.2. The molecule has 0 saturated heterocycles. The molecule has 0 spiro atoms. The van der Waals surface area contributed by atoms with Crippen LogP contribution in [0.5, 0.6) is 11.6 Å². The molecule has 0 aliphatic carbocycles.